The van der Waals surface area contributed by atoms with Crippen molar-refractivity contribution in [1.29, 1.82) is 0 Å². The Kier molecular flexibility index (Phi) is 10.5. The van der Waals surface area contributed by atoms with Gasteiger partial charge in [-0.1, -0.05) is 13.8 Å². The SMILES string of the molecule is CC.CNC(=O)C(CCC(=O)O)NC(C)=O. The summed E-state index contributed by atoms with van der Waals surface area (Å²) in [6, 6.07) is -0.770. The molecule has 16 heavy (non-hydrogen) atoms. The summed E-state index contributed by atoms with van der Waals surface area (Å²) in [5.41, 5.74) is 0. The van der Waals surface area contributed by atoms with E-state index in [1.54, 1.807) is 0 Å². The van der Waals surface area contributed by atoms with Gasteiger partial charge >= 0.3 is 5.97 Å². The number of carboxylic acids is 1. The lowest BCUT2D eigenvalue weighted by Gasteiger charge is -2.14. The highest BCUT2D eigenvalue weighted by molar-refractivity contribution is 5.87. The minimum absolute atomic E-state index is 0.0919. The number of hydrogen-bond donors (Lipinski definition) is 3. The zero-order chi connectivity index (χ0) is 13.1. The zero-order valence-corrected chi connectivity index (χ0v) is 10.2. The Hall–Kier alpha value is -1.59. The zero-order valence-electron chi connectivity index (χ0n) is 10.2. The van der Waals surface area contributed by atoms with E-state index in [4.69, 9.17) is 5.11 Å². The van der Waals surface area contributed by atoms with E-state index in [9.17, 15) is 14.4 Å². The van der Waals surface area contributed by atoms with Crippen molar-refractivity contribution in [2.45, 2.75) is 39.7 Å². The van der Waals surface area contributed by atoms with Crippen LogP contribution in [0.4, 0.5) is 0 Å². The van der Waals surface area contributed by atoms with Gasteiger partial charge in [0.2, 0.25) is 11.8 Å². The van der Waals surface area contributed by atoms with Gasteiger partial charge in [0.25, 0.3) is 0 Å². The molecule has 0 aliphatic rings. The van der Waals surface area contributed by atoms with E-state index in [1.165, 1.54) is 14.0 Å². The second-order valence-electron chi connectivity index (χ2n) is 2.80. The monoisotopic (exact) mass is 232 g/mol. The van der Waals surface area contributed by atoms with Gasteiger partial charge in [0.05, 0.1) is 0 Å². The molecule has 0 bridgehead atoms. The van der Waals surface area contributed by atoms with Gasteiger partial charge in [-0.2, -0.15) is 0 Å². The quantitative estimate of drug-likeness (QED) is 0.627. The summed E-state index contributed by atoms with van der Waals surface area (Å²) in [7, 11) is 1.43. The summed E-state index contributed by atoms with van der Waals surface area (Å²) in [5, 5.41) is 13.1. The fourth-order valence-corrected chi connectivity index (χ4v) is 0.956. The van der Waals surface area contributed by atoms with Crippen molar-refractivity contribution in [3.63, 3.8) is 0 Å². The van der Waals surface area contributed by atoms with Crippen LogP contribution in [0.1, 0.15) is 33.6 Å². The summed E-state index contributed by atoms with van der Waals surface area (Å²) in [5.74, 6) is -1.74. The molecule has 0 saturated carbocycles. The first-order valence-electron chi connectivity index (χ1n) is 5.18. The summed E-state index contributed by atoms with van der Waals surface area (Å²) in [6.07, 6.45) is -0.0625. The fourth-order valence-electron chi connectivity index (χ4n) is 0.956. The Balaban J connectivity index is 0. The number of nitrogens with one attached hydrogen (secondary N) is 2. The number of carboxylic acid groups (broad SMARTS) is 1. The Bertz CT molecular complexity index is 241. The molecule has 0 aromatic rings. The largest absolute Gasteiger partial charge is 0.481 e. The number of likely N-dealkylation sites (N-methyl/N-ethyl adjacent to an activating group) is 1. The van der Waals surface area contributed by atoms with Crippen LogP contribution in [0.2, 0.25) is 0 Å². The molecule has 1 unspecified atom stereocenters. The lowest BCUT2D eigenvalue weighted by Crippen LogP contribution is -2.45. The molecular weight excluding hydrogens is 212 g/mol. The highest BCUT2D eigenvalue weighted by Gasteiger charge is 2.18. The Labute approximate surface area is 95.4 Å². The van der Waals surface area contributed by atoms with Crippen LogP contribution in [-0.2, 0) is 14.4 Å². The summed E-state index contributed by atoms with van der Waals surface area (Å²) >= 11 is 0. The van der Waals surface area contributed by atoms with E-state index >= 15 is 0 Å². The molecule has 0 fully saturated rings. The van der Waals surface area contributed by atoms with Crippen molar-refractivity contribution in [1.82, 2.24) is 10.6 Å². The highest BCUT2D eigenvalue weighted by atomic mass is 16.4. The van der Waals surface area contributed by atoms with Crippen molar-refractivity contribution in [3.05, 3.63) is 0 Å². The topological polar surface area (TPSA) is 95.5 Å². The average Bonchev–Trinajstić information content (AvgIpc) is 2.25. The number of rotatable bonds is 5. The average molecular weight is 232 g/mol. The maximum absolute atomic E-state index is 11.1. The van der Waals surface area contributed by atoms with Gasteiger partial charge < -0.3 is 15.7 Å². The minimum Gasteiger partial charge on any atom is -0.481 e. The van der Waals surface area contributed by atoms with Gasteiger partial charge in [0.1, 0.15) is 6.04 Å². The van der Waals surface area contributed by atoms with Crippen LogP contribution >= 0.6 is 0 Å². The van der Waals surface area contributed by atoms with E-state index in [0.29, 0.717) is 0 Å². The summed E-state index contributed by atoms with van der Waals surface area (Å²) in [6.45, 7) is 5.27. The van der Waals surface area contributed by atoms with Crippen molar-refractivity contribution in [3.8, 4) is 0 Å². The molecule has 3 N–H and O–H groups in total. The predicted molar refractivity (Wildman–Crippen MR) is 59.9 cm³/mol. The lowest BCUT2D eigenvalue weighted by atomic mass is 10.1. The molecule has 0 spiro atoms. The van der Waals surface area contributed by atoms with E-state index < -0.39 is 12.0 Å². The smallest absolute Gasteiger partial charge is 0.303 e. The van der Waals surface area contributed by atoms with Crippen LogP contribution in [-0.4, -0.2) is 36.0 Å². The Morgan fingerprint density at radius 1 is 1.25 bits per heavy atom. The molecule has 0 saturated heterocycles. The molecule has 0 aromatic carbocycles. The van der Waals surface area contributed by atoms with Crippen molar-refractivity contribution >= 4 is 17.8 Å². The number of hydrogen-bond acceptors (Lipinski definition) is 3. The second-order valence-corrected chi connectivity index (χ2v) is 2.80. The van der Waals surface area contributed by atoms with Crippen LogP contribution in [0.15, 0.2) is 0 Å². The van der Waals surface area contributed by atoms with Crippen LogP contribution < -0.4 is 10.6 Å². The van der Waals surface area contributed by atoms with Crippen molar-refractivity contribution in [2.24, 2.45) is 0 Å². The van der Waals surface area contributed by atoms with E-state index in [0.717, 1.165) is 0 Å². The van der Waals surface area contributed by atoms with Gasteiger partial charge in [-0.25, -0.2) is 0 Å². The van der Waals surface area contributed by atoms with Crippen molar-refractivity contribution in [2.75, 3.05) is 7.05 Å². The van der Waals surface area contributed by atoms with Crippen LogP contribution in [0.3, 0.4) is 0 Å². The standard InChI is InChI=1S/C8H14N2O4.C2H6/c1-5(11)10-6(8(14)9-2)3-4-7(12)13;1-2/h6H,3-4H2,1-2H3,(H,9,14)(H,10,11)(H,12,13);1-2H3. The maximum Gasteiger partial charge on any atom is 0.303 e. The third kappa shape index (κ3) is 8.98. The molecule has 0 aliphatic heterocycles. The molecule has 94 valence electrons. The van der Waals surface area contributed by atoms with Crippen LogP contribution in [0.25, 0.3) is 0 Å². The first-order chi connectivity index (χ1) is 7.47. The van der Waals surface area contributed by atoms with Gasteiger partial charge in [-0.3, -0.25) is 14.4 Å². The Morgan fingerprint density at radius 3 is 2.06 bits per heavy atom. The predicted octanol–water partition coefficient (Wildman–Crippen LogP) is 0.128. The highest BCUT2D eigenvalue weighted by Crippen LogP contribution is 1.97. The molecular formula is C10H20N2O4. The fraction of sp³-hybridized carbons (Fsp3) is 0.700. The van der Waals surface area contributed by atoms with Crippen LogP contribution in [0.5, 0.6) is 0 Å². The number of aliphatic carboxylic acids is 1. The first-order valence-corrected chi connectivity index (χ1v) is 5.18. The molecule has 0 radical (unpaired) electrons. The summed E-state index contributed by atoms with van der Waals surface area (Å²) in [4.78, 5) is 32.1. The normalized spacial score (nSPS) is 10.5. The number of amides is 2. The van der Waals surface area contributed by atoms with E-state index in [2.05, 4.69) is 10.6 Å². The third-order valence-electron chi connectivity index (χ3n) is 1.59. The molecule has 0 rings (SSSR count). The van der Waals surface area contributed by atoms with Crippen LogP contribution in [0, 0.1) is 0 Å². The van der Waals surface area contributed by atoms with Gasteiger partial charge in [0.15, 0.2) is 0 Å². The summed E-state index contributed by atoms with van der Waals surface area (Å²) < 4.78 is 0. The van der Waals surface area contributed by atoms with E-state index in [-0.39, 0.29) is 24.7 Å². The number of carbonyl (C=O) groups is 3. The molecule has 6 heteroatoms. The van der Waals surface area contributed by atoms with Gasteiger partial charge in [0, 0.05) is 20.4 Å². The molecule has 0 aliphatic carbocycles. The second kappa shape index (κ2) is 9.95. The Morgan fingerprint density at radius 2 is 1.75 bits per heavy atom. The number of carbonyl (C=O) groups excluding carboxylic acids is 2. The third-order valence-corrected chi connectivity index (χ3v) is 1.59. The minimum atomic E-state index is -0.996. The molecule has 2 amide bonds. The van der Waals surface area contributed by atoms with Crippen molar-refractivity contribution < 1.29 is 19.5 Å². The first kappa shape index (κ1) is 16.8. The molecule has 6 nitrogen and oxygen atoms in total. The van der Waals surface area contributed by atoms with Gasteiger partial charge in [-0.05, 0) is 6.42 Å². The lowest BCUT2D eigenvalue weighted by molar-refractivity contribution is -0.137. The molecule has 1 atom stereocenters. The molecule has 0 aromatic heterocycles. The maximum atomic E-state index is 11.1. The molecule has 0 heterocycles. The van der Waals surface area contributed by atoms with Gasteiger partial charge in [-0.15, -0.1) is 0 Å². The van der Waals surface area contributed by atoms with E-state index in [1.807, 2.05) is 13.8 Å².